The molecular weight excluding hydrogens is 632 g/mol. The van der Waals surface area contributed by atoms with Crippen molar-refractivity contribution in [1.82, 2.24) is 0 Å². The number of alkyl halides is 1. The van der Waals surface area contributed by atoms with Crippen molar-refractivity contribution in [3.8, 4) is 0 Å². The van der Waals surface area contributed by atoms with Crippen LogP contribution in [0.4, 0.5) is 0 Å². The molecule has 16 heteroatoms. The summed E-state index contributed by atoms with van der Waals surface area (Å²) >= 11 is 7.50. The highest BCUT2D eigenvalue weighted by atomic mass is 35.5. The van der Waals surface area contributed by atoms with Crippen molar-refractivity contribution >= 4 is 35.1 Å². The smallest absolute Gasteiger partial charge is 0.306 e. The Bertz CT molecular complexity index is 1350. The van der Waals surface area contributed by atoms with Gasteiger partial charge in [-0.1, -0.05) is 32.4 Å². The summed E-state index contributed by atoms with van der Waals surface area (Å²) in [6.45, 7) is 3.95. The number of ether oxygens (including phenoxy) is 2. The van der Waals surface area contributed by atoms with E-state index in [1.807, 2.05) is 6.92 Å². The largest absolute Gasteiger partial charge is 0.457 e. The maximum Gasteiger partial charge on any atom is 0.306 e. The second kappa shape index (κ2) is 13.3. The van der Waals surface area contributed by atoms with Crippen LogP contribution in [-0.2, 0) is 38.3 Å². The molecule has 254 valence electrons. The minimum Gasteiger partial charge on any atom is -0.457 e. The van der Waals surface area contributed by atoms with E-state index in [4.69, 9.17) is 21.1 Å². The normalized spacial score (nSPS) is 35.9. The first-order valence-corrected chi connectivity index (χ1v) is 15.7. The van der Waals surface area contributed by atoms with Gasteiger partial charge in [0, 0.05) is 29.6 Å². The second-order valence-electron chi connectivity index (χ2n) is 13.0. The topological polar surface area (TPSA) is 212 Å². The highest BCUT2D eigenvalue weighted by molar-refractivity contribution is 6.26. The number of aliphatic hydroxyl groups excluding tert-OH is 1. The van der Waals surface area contributed by atoms with Gasteiger partial charge in [0.15, 0.2) is 18.0 Å². The van der Waals surface area contributed by atoms with E-state index in [0.717, 1.165) is 5.57 Å². The first kappa shape index (κ1) is 35.3. The van der Waals surface area contributed by atoms with E-state index in [2.05, 4.69) is 9.68 Å². The van der Waals surface area contributed by atoms with E-state index < -0.39 is 67.8 Å². The Morgan fingerprint density at radius 2 is 1.65 bits per heavy atom. The molecule has 0 aromatic heterocycles. The predicted octanol–water partition coefficient (Wildman–Crippen LogP) is 3.24. The van der Waals surface area contributed by atoms with Gasteiger partial charge in [-0.05, 0) is 62.5 Å². The molecule has 46 heavy (non-hydrogen) atoms. The summed E-state index contributed by atoms with van der Waals surface area (Å²) in [5.41, 5.74) is -3.06. The molecule has 0 aliphatic heterocycles. The first-order valence-electron chi connectivity index (χ1n) is 15.3. The number of fused-ring (bicyclic) bond motifs is 5. The maximum atomic E-state index is 14.2. The number of halogens is 1. The summed E-state index contributed by atoms with van der Waals surface area (Å²) in [6, 6.07) is 0. The molecule has 1 N–H and O–H groups in total. The average Bonchev–Trinajstić information content (AvgIpc) is 3.19. The molecule has 3 saturated carbocycles. The molecule has 0 spiro atoms. The van der Waals surface area contributed by atoms with Crippen LogP contribution in [0.1, 0.15) is 72.1 Å². The third-order valence-corrected chi connectivity index (χ3v) is 11.6. The number of hydrogen-bond donors (Lipinski definition) is 1. The number of aliphatic hydroxyl groups is 1. The summed E-state index contributed by atoms with van der Waals surface area (Å²) in [4.78, 5) is 80.3. The van der Waals surface area contributed by atoms with E-state index in [1.165, 1.54) is 6.08 Å². The lowest BCUT2D eigenvalue weighted by atomic mass is 9.45. The van der Waals surface area contributed by atoms with Crippen LogP contribution < -0.4 is 0 Å². The van der Waals surface area contributed by atoms with Gasteiger partial charge in [0.25, 0.3) is 10.2 Å². The van der Waals surface area contributed by atoms with Crippen molar-refractivity contribution in [3.63, 3.8) is 0 Å². The number of ketones is 2. The zero-order chi connectivity index (χ0) is 34.1. The van der Waals surface area contributed by atoms with Crippen LogP contribution in [-0.4, -0.2) is 75.2 Å². The van der Waals surface area contributed by atoms with Crippen LogP contribution in [0.2, 0.25) is 0 Å². The fraction of sp³-hybridized carbons (Fsp3) is 0.733. The van der Waals surface area contributed by atoms with Crippen molar-refractivity contribution in [2.24, 2.45) is 28.6 Å². The van der Waals surface area contributed by atoms with Crippen LogP contribution in [0.25, 0.3) is 0 Å². The number of rotatable bonds is 14. The lowest BCUT2D eigenvalue weighted by molar-refractivity contribution is -0.757. The lowest BCUT2D eigenvalue weighted by Crippen LogP contribution is -2.69. The molecule has 0 bridgehead atoms. The zero-order valence-electron chi connectivity index (χ0n) is 25.9. The fourth-order valence-electron chi connectivity index (χ4n) is 8.67. The van der Waals surface area contributed by atoms with Crippen molar-refractivity contribution in [2.45, 2.75) is 88.7 Å². The molecule has 15 nitrogen and oxygen atoms in total. The number of esters is 2. The third-order valence-electron chi connectivity index (χ3n) is 10.7. The minimum atomic E-state index is -1.86. The highest BCUT2D eigenvalue weighted by Crippen LogP contribution is 2.72. The molecule has 0 aromatic carbocycles. The third kappa shape index (κ3) is 5.98. The SMILES string of the molecule is C[C@H]1CC2C3CCC4=CC(=O)C=C[C@]4(C)[C@@]3(Cl)[C@@H](O)C[C@]2(C)[C@@]1(OC(=O)CCCO[N+](=O)[O-])C(=O)COC(=O)CCCO[N+](=O)[O-]. The monoisotopic (exact) mass is 670 g/mol. The minimum absolute atomic E-state index is 0.0303. The van der Waals surface area contributed by atoms with E-state index in [1.54, 1.807) is 26.0 Å². The Hall–Kier alpha value is -3.59. The Labute approximate surface area is 269 Å². The number of Topliss-reactive ketones (excluding diaryl/α,β-unsaturated/α-hetero) is 1. The van der Waals surface area contributed by atoms with Crippen molar-refractivity contribution in [3.05, 3.63) is 44.0 Å². The number of carbonyl (C=O) groups excluding carboxylic acids is 4. The predicted molar refractivity (Wildman–Crippen MR) is 157 cm³/mol. The summed E-state index contributed by atoms with van der Waals surface area (Å²) in [5, 5.41) is 30.8. The second-order valence-corrected chi connectivity index (χ2v) is 13.6. The molecule has 4 aliphatic carbocycles. The molecule has 8 atom stereocenters. The quantitative estimate of drug-likeness (QED) is 0.0925. The summed E-state index contributed by atoms with van der Waals surface area (Å²) in [6.07, 6.45) is 4.27. The number of allylic oxidation sites excluding steroid dienone is 4. The van der Waals surface area contributed by atoms with Crippen molar-refractivity contribution in [2.75, 3.05) is 19.8 Å². The fourth-order valence-corrected chi connectivity index (χ4v) is 9.19. The highest BCUT2D eigenvalue weighted by Gasteiger charge is 2.76. The summed E-state index contributed by atoms with van der Waals surface area (Å²) < 4.78 is 11.3. The van der Waals surface area contributed by atoms with Gasteiger partial charge < -0.3 is 24.3 Å². The zero-order valence-corrected chi connectivity index (χ0v) is 26.7. The Balaban J connectivity index is 1.64. The Kier molecular flexibility index (Phi) is 10.2. The van der Waals surface area contributed by atoms with Crippen molar-refractivity contribution in [1.29, 1.82) is 0 Å². The van der Waals surface area contributed by atoms with Crippen molar-refractivity contribution < 1.29 is 53.6 Å². The molecule has 4 aliphatic rings. The van der Waals surface area contributed by atoms with Gasteiger partial charge in [-0.25, -0.2) is 0 Å². The van der Waals surface area contributed by atoms with E-state index in [0.29, 0.717) is 19.3 Å². The molecule has 0 aromatic rings. The molecule has 4 rings (SSSR count). The first-order chi connectivity index (χ1) is 21.5. The molecule has 3 fully saturated rings. The van der Waals surface area contributed by atoms with Crippen LogP contribution in [0, 0.1) is 48.8 Å². The Morgan fingerprint density at radius 3 is 2.26 bits per heavy atom. The van der Waals surface area contributed by atoms with Gasteiger partial charge >= 0.3 is 11.9 Å². The van der Waals surface area contributed by atoms with Crippen LogP contribution >= 0.6 is 11.6 Å². The van der Waals surface area contributed by atoms with Crippen LogP contribution in [0.3, 0.4) is 0 Å². The molecule has 0 radical (unpaired) electrons. The Morgan fingerprint density at radius 1 is 1.04 bits per heavy atom. The average molecular weight is 671 g/mol. The molecular formula is C30H39ClN2O13. The van der Waals surface area contributed by atoms with Gasteiger partial charge in [-0.15, -0.1) is 31.8 Å². The van der Waals surface area contributed by atoms with E-state index >= 15 is 0 Å². The number of hydrogen-bond acceptors (Lipinski definition) is 13. The molecule has 0 saturated heterocycles. The molecule has 0 amide bonds. The van der Waals surface area contributed by atoms with E-state index in [9.17, 15) is 44.5 Å². The molecule has 2 unspecified atom stereocenters. The standard InChI is InChI=1S/C30H39ClN2O13/c1-18-14-22-21-9-8-19-15-20(34)10-11-27(19,2)29(21,31)23(35)16-28(22,3)30(18,46-26(38)7-5-13-45-33(41)42)24(36)17-43-25(37)6-4-12-44-32(39)40/h10-11,15,18,21-23,35H,4-9,12-14,16-17H2,1-3H3/t18-,21?,22?,23-,27-,28-,29-,30-/m0/s1. The number of nitrogens with zero attached hydrogens (tertiary/aromatic N) is 2. The summed E-state index contributed by atoms with van der Waals surface area (Å²) in [7, 11) is 0. The molecule has 0 heterocycles. The maximum absolute atomic E-state index is 14.2. The van der Waals surface area contributed by atoms with Gasteiger partial charge in [-0.3, -0.25) is 19.2 Å². The summed E-state index contributed by atoms with van der Waals surface area (Å²) in [5.74, 6) is -3.79. The number of carbonyl (C=O) groups is 4. The van der Waals surface area contributed by atoms with E-state index in [-0.39, 0.29) is 62.9 Å². The van der Waals surface area contributed by atoms with Gasteiger partial charge in [0.2, 0.25) is 5.78 Å². The van der Waals surface area contributed by atoms with Crippen LogP contribution in [0.5, 0.6) is 0 Å². The van der Waals surface area contributed by atoms with Gasteiger partial charge in [-0.2, -0.15) is 0 Å². The lowest BCUT2D eigenvalue weighted by Gasteiger charge is -2.64. The van der Waals surface area contributed by atoms with Crippen LogP contribution in [0.15, 0.2) is 23.8 Å². The van der Waals surface area contributed by atoms with Gasteiger partial charge in [0.05, 0.1) is 24.2 Å². The van der Waals surface area contributed by atoms with Gasteiger partial charge in [0.1, 0.15) is 0 Å².